The number of hydrogen-bond donors (Lipinski definition) is 2. The lowest BCUT2D eigenvalue weighted by Crippen LogP contribution is -1.83. The summed E-state index contributed by atoms with van der Waals surface area (Å²) in [7, 11) is 0. The fraction of sp³-hybridized carbons (Fsp3) is 0.280. The van der Waals surface area contributed by atoms with Crippen LogP contribution in [0.5, 0.6) is 11.5 Å². The van der Waals surface area contributed by atoms with E-state index in [1.807, 2.05) is 58.0 Å². The Balaban J connectivity index is 0.000000451. The Morgan fingerprint density at radius 1 is 0.519 bits per heavy atom. The average Bonchev–Trinajstić information content (AvgIpc) is 2.73. The molecule has 0 aliphatic carbocycles. The third kappa shape index (κ3) is 9.50. The Hall–Kier alpha value is -2.74. The quantitative estimate of drug-likeness (QED) is 0.489. The molecule has 3 aromatic rings. The summed E-state index contributed by atoms with van der Waals surface area (Å²) >= 11 is 0. The normalized spacial score (nSPS) is 9.00. The van der Waals surface area contributed by atoms with Crippen LogP contribution in [0.3, 0.4) is 0 Å². The molecule has 2 N–H and O–H groups in total. The maximum Gasteiger partial charge on any atom is 0.115 e. The third-order valence-electron chi connectivity index (χ3n) is 3.53. The van der Waals surface area contributed by atoms with Crippen molar-refractivity contribution in [1.29, 1.82) is 0 Å². The van der Waals surface area contributed by atoms with Crippen molar-refractivity contribution < 1.29 is 10.2 Å². The van der Waals surface area contributed by atoms with Gasteiger partial charge in [0.1, 0.15) is 11.5 Å². The van der Waals surface area contributed by atoms with Crippen LogP contribution in [0.25, 0.3) is 11.1 Å². The number of rotatable bonds is 2. The first-order valence-electron chi connectivity index (χ1n) is 9.69. The highest BCUT2D eigenvalue weighted by Gasteiger charge is 1.97. The monoisotopic (exact) mass is 366 g/mol. The van der Waals surface area contributed by atoms with E-state index in [9.17, 15) is 0 Å². The van der Waals surface area contributed by atoms with Crippen molar-refractivity contribution in [3.63, 3.8) is 0 Å². The summed E-state index contributed by atoms with van der Waals surface area (Å²) in [6.45, 7) is 12.4. The highest BCUT2D eigenvalue weighted by atomic mass is 16.3. The van der Waals surface area contributed by atoms with Crippen molar-refractivity contribution in [3.8, 4) is 22.6 Å². The molecule has 3 aromatic carbocycles. The lowest BCUT2D eigenvalue weighted by molar-refractivity contribution is 0.474. The molecule has 3 rings (SSSR count). The standard InChI is InChI=1S/C12H10O2.C9H12.2C2H6/c13-11-5-1-9(2-6-11)10-3-7-12(14)8-4-10;1-8(2)9-6-4-3-5-7-9;2*1-2/h1-8,13-14H;3-8H,1-2H3;2*1-2H3. The SMILES string of the molecule is CC.CC.CC(C)c1ccccc1.Oc1ccc(-c2ccc(O)cc2)cc1. The highest BCUT2D eigenvalue weighted by Crippen LogP contribution is 2.23. The number of benzene rings is 3. The molecule has 2 nitrogen and oxygen atoms in total. The van der Waals surface area contributed by atoms with Crippen LogP contribution in [-0.4, -0.2) is 10.2 Å². The van der Waals surface area contributed by atoms with Gasteiger partial charge in [-0.1, -0.05) is 96.1 Å². The molecule has 0 fully saturated rings. The fourth-order valence-corrected chi connectivity index (χ4v) is 2.15. The minimum Gasteiger partial charge on any atom is -0.508 e. The molecule has 0 saturated heterocycles. The topological polar surface area (TPSA) is 40.5 Å². The van der Waals surface area contributed by atoms with E-state index in [1.165, 1.54) is 5.56 Å². The van der Waals surface area contributed by atoms with E-state index in [2.05, 4.69) is 38.1 Å². The number of phenolic OH excluding ortho intramolecular Hbond substituents is 2. The minimum atomic E-state index is 0.257. The van der Waals surface area contributed by atoms with Crippen molar-refractivity contribution in [2.45, 2.75) is 47.5 Å². The van der Waals surface area contributed by atoms with Crippen LogP contribution in [0.2, 0.25) is 0 Å². The molecule has 0 atom stereocenters. The van der Waals surface area contributed by atoms with E-state index >= 15 is 0 Å². The summed E-state index contributed by atoms with van der Waals surface area (Å²) in [5, 5.41) is 18.2. The van der Waals surface area contributed by atoms with Gasteiger partial charge in [-0.15, -0.1) is 0 Å². The van der Waals surface area contributed by atoms with Crippen LogP contribution in [0.1, 0.15) is 53.0 Å². The highest BCUT2D eigenvalue weighted by molar-refractivity contribution is 5.64. The van der Waals surface area contributed by atoms with Gasteiger partial charge in [0.25, 0.3) is 0 Å². The molecule has 27 heavy (non-hydrogen) atoms. The Morgan fingerprint density at radius 2 is 0.852 bits per heavy atom. The molecule has 0 spiro atoms. The molecule has 146 valence electrons. The Kier molecular flexibility index (Phi) is 13.0. The zero-order chi connectivity index (χ0) is 20.7. The average molecular weight is 367 g/mol. The predicted molar refractivity (Wildman–Crippen MR) is 118 cm³/mol. The maximum atomic E-state index is 9.11. The van der Waals surface area contributed by atoms with Gasteiger partial charge in [-0.2, -0.15) is 0 Å². The molecule has 0 unspecified atom stereocenters. The van der Waals surface area contributed by atoms with Gasteiger partial charge in [0.05, 0.1) is 0 Å². The molecular formula is C25H34O2. The zero-order valence-corrected chi connectivity index (χ0v) is 17.5. The van der Waals surface area contributed by atoms with Gasteiger partial charge < -0.3 is 10.2 Å². The van der Waals surface area contributed by atoms with E-state index in [4.69, 9.17) is 10.2 Å². The molecule has 0 radical (unpaired) electrons. The van der Waals surface area contributed by atoms with E-state index in [0.717, 1.165) is 11.1 Å². The fourth-order valence-electron chi connectivity index (χ4n) is 2.15. The summed E-state index contributed by atoms with van der Waals surface area (Å²) in [4.78, 5) is 0. The maximum absolute atomic E-state index is 9.11. The smallest absolute Gasteiger partial charge is 0.115 e. The van der Waals surface area contributed by atoms with Crippen LogP contribution in [0.4, 0.5) is 0 Å². The Labute approximate surface area is 165 Å². The van der Waals surface area contributed by atoms with Crippen LogP contribution < -0.4 is 0 Å². The molecule has 0 aliphatic rings. The summed E-state index contributed by atoms with van der Waals surface area (Å²) < 4.78 is 0. The van der Waals surface area contributed by atoms with Gasteiger partial charge in [0.15, 0.2) is 0 Å². The molecule has 0 saturated carbocycles. The lowest BCUT2D eigenvalue weighted by atomic mass is 10.0. The van der Waals surface area contributed by atoms with E-state index in [0.29, 0.717) is 5.92 Å². The number of hydrogen-bond acceptors (Lipinski definition) is 2. The van der Waals surface area contributed by atoms with Crippen LogP contribution in [0, 0.1) is 0 Å². The first kappa shape index (κ1) is 24.3. The Morgan fingerprint density at radius 3 is 1.11 bits per heavy atom. The predicted octanol–water partition coefficient (Wildman–Crippen LogP) is 7.63. The van der Waals surface area contributed by atoms with Crippen molar-refractivity contribution in [2.24, 2.45) is 0 Å². The summed E-state index contributed by atoms with van der Waals surface area (Å²) in [5.41, 5.74) is 3.45. The molecule has 0 bridgehead atoms. The molecule has 0 heterocycles. The minimum absolute atomic E-state index is 0.257. The summed E-state index contributed by atoms with van der Waals surface area (Å²) in [6.07, 6.45) is 0. The third-order valence-corrected chi connectivity index (χ3v) is 3.53. The molecule has 0 amide bonds. The van der Waals surface area contributed by atoms with Gasteiger partial charge in [-0.3, -0.25) is 0 Å². The molecule has 0 aromatic heterocycles. The van der Waals surface area contributed by atoms with E-state index in [1.54, 1.807) is 24.3 Å². The Bertz CT molecular complexity index is 656. The first-order valence-corrected chi connectivity index (χ1v) is 9.69. The van der Waals surface area contributed by atoms with Crippen molar-refractivity contribution in [2.75, 3.05) is 0 Å². The van der Waals surface area contributed by atoms with E-state index in [-0.39, 0.29) is 11.5 Å². The van der Waals surface area contributed by atoms with Crippen LogP contribution in [-0.2, 0) is 0 Å². The van der Waals surface area contributed by atoms with Crippen LogP contribution in [0.15, 0.2) is 78.9 Å². The van der Waals surface area contributed by atoms with Crippen molar-refractivity contribution in [3.05, 3.63) is 84.4 Å². The summed E-state index contributed by atoms with van der Waals surface area (Å²) in [6, 6.07) is 24.4. The van der Waals surface area contributed by atoms with Crippen molar-refractivity contribution in [1.82, 2.24) is 0 Å². The van der Waals surface area contributed by atoms with Crippen LogP contribution >= 0.6 is 0 Å². The second-order valence-corrected chi connectivity index (χ2v) is 5.66. The second kappa shape index (κ2) is 14.4. The lowest BCUT2D eigenvalue weighted by Gasteiger charge is -2.01. The molecular weight excluding hydrogens is 332 g/mol. The first-order chi connectivity index (χ1) is 13.1. The largest absolute Gasteiger partial charge is 0.508 e. The zero-order valence-electron chi connectivity index (χ0n) is 17.5. The summed E-state index contributed by atoms with van der Waals surface area (Å²) in [5.74, 6) is 1.17. The van der Waals surface area contributed by atoms with Gasteiger partial charge in [-0.05, 0) is 46.9 Å². The molecule has 2 heteroatoms. The van der Waals surface area contributed by atoms with Gasteiger partial charge >= 0.3 is 0 Å². The number of aromatic hydroxyl groups is 2. The van der Waals surface area contributed by atoms with Gasteiger partial charge in [0, 0.05) is 0 Å². The van der Waals surface area contributed by atoms with E-state index < -0.39 is 0 Å². The molecule has 0 aliphatic heterocycles. The second-order valence-electron chi connectivity index (χ2n) is 5.66. The number of phenols is 2. The van der Waals surface area contributed by atoms with Gasteiger partial charge in [-0.25, -0.2) is 0 Å². The van der Waals surface area contributed by atoms with Crippen molar-refractivity contribution >= 4 is 0 Å². The van der Waals surface area contributed by atoms with Gasteiger partial charge in [0.2, 0.25) is 0 Å².